The summed E-state index contributed by atoms with van der Waals surface area (Å²) < 4.78 is 5.53. The molecule has 0 N–H and O–H groups in total. The Bertz CT molecular complexity index is 709. The molecular formula is C19H24N4O2. The molecule has 2 aromatic heterocycles. The van der Waals surface area contributed by atoms with E-state index in [9.17, 15) is 4.79 Å². The third-order valence-electron chi connectivity index (χ3n) is 5.41. The average molecular weight is 340 g/mol. The van der Waals surface area contributed by atoms with Crippen molar-refractivity contribution < 1.29 is 9.32 Å². The first kappa shape index (κ1) is 16.2. The number of rotatable bonds is 4. The highest BCUT2D eigenvalue weighted by atomic mass is 16.5. The quantitative estimate of drug-likeness (QED) is 0.847. The van der Waals surface area contributed by atoms with E-state index in [1.807, 2.05) is 17.0 Å². The van der Waals surface area contributed by atoms with Crippen molar-refractivity contribution in [2.45, 2.75) is 57.4 Å². The van der Waals surface area contributed by atoms with E-state index >= 15 is 0 Å². The van der Waals surface area contributed by atoms with Crippen molar-refractivity contribution in [3.63, 3.8) is 0 Å². The number of pyridine rings is 1. The highest BCUT2D eigenvalue weighted by Crippen LogP contribution is 2.34. The maximum Gasteiger partial charge on any atom is 0.249 e. The van der Waals surface area contributed by atoms with E-state index in [4.69, 9.17) is 4.52 Å². The molecule has 4 rings (SSSR count). The number of piperidine rings is 1. The van der Waals surface area contributed by atoms with Crippen LogP contribution in [0.1, 0.15) is 63.3 Å². The van der Waals surface area contributed by atoms with Gasteiger partial charge < -0.3 is 9.42 Å². The molecule has 2 aromatic rings. The Morgan fingerprint density at radius 1 is 1.20 bits per heavy atom. The molecule has 1 atom stereocenters. The van der Waals surface area contributed by atoms with E-state index in [0.717, 1.165) is 31.4 Å². The van der Waals surface area contributed by atoms with Gasteiger partial charge in [-0.25, -0.2) is 0 Å². The maximum absolute atomic E-state index is 12.8. The van der Waals surface area contributed by atoms with Crippen LogP contribution in [-0.4, -0.2) is 32.5 Å². The molecule has 0 aromatic carbocycles. The van der Waals surface area contributed by atoms with Gasteiger partial charge in [-0.3, -0.25) is 9.78 Å². The van der Waals surface area contributed by atoms with E-state index in [1.54, 1.807) is 12.4 Å². The molecule has 0 radical (unpaired) electrons. The third kappa shape index (κ3) is 3.57. The summed E-state index contributed by atoms with van der Waals surface area (Å²) in [5.41, 5.74) is 0.831. The number of nitrogens with zero attached hydrogens (tertiary/aromatic N) is 4. The smallest absolute Gasteiger partial charge is 0.249 e. The van der Waals surface area contributed by atoms with Gasteiger partial charge in [-0.1, -0.05) is 18.0 Å². The maximum atomic E-state index is 12.8. The minimum absolute atomic E-state index is 0.0828. The van der Waals surface area contributed by atoms with Crippen molar-refractivity contribution in [1.29, 1.82) is 0 Å². The van der Waals surface area contributed by atoms with Crippen molar-refractivity contribution in [1.82, 2.24) is 20.0 Å². The van der Waals surface area contributed by atoms with Crippen molar-refractivity contribution in [2.75, 3.05) is 6.54 Å². The lowest BCUT2D eigenvalue weighted by molar-refractivity contribution is -0.136. The molecule has 25 heavy (non-hydrogen) atoms. The molecule has 132 valence electrons. The van der Waals surface area contributed by atoms with Crippen LogP contribution in [0.15, 0.2) is 29.0 Å². The normalized spacial score (nSPS) is 21.6. The lowest BCUT2D eigenvalue weighted by Gasteiger charge is -2.34. The summed E-state index contributed by atoms with van der Waals surface area (Å²) in [6, 6.07) is 3.68. The van der Waals surface area contributed by atoms with Gasteiger partial charge in [-0.2, -0.15) is 4.98 Å². The lowest BCUT2D eigenvalue weighted by atomic mass is 9.98. The Morgan fingerprint density at radius 3 is 2.84 bits per heavy atom. The predicted molar refractivity (Wildman–Crippen MR) is 92.4 cm³/mol. The fourth-order valence-corrected chi connectivity index (χ4v) is 4.05. The Kier molecular flexibility index (Phi) is 4.76. The summed E-state index contributed by atoms with van der Waals surface area (Å²) in [4.78, 5) is 23.5. The van der Waals surface area contributed by atoms with Crippen LogP contribution >= 0.6 is 0 Å². The van der Waals surface area contributed by atoms with Gasteiger partial charge in [0.15, 0.2) is 0 Å². The van der Waals surface area contributed by atoms with Gasteiger partial charge in [0, 0.05) is 30.9 Å². The molecular weight excluding hydrogens is 316 g/mol. The second-order valence-corrected chi connectivity index (χ2v) is 7.15. The highest BCUT2D eigenvalue weighted by molar-refractivity contribution is 5.77. The minimum atomic E-state index is -0.0828. The largest absolute Gasteiger partial charge is 0.337 e. The number of aromatic nitrogens is 3. The number of amides is 1. The first-order valence-corrected chi connectivity index (χ1v) is 9.35. The monoisotopic (exact) mass is 340 g/mol. The number of hydrogen-bond acceptors (Lipinski definition) is 5. The summed E-state index contributed by atoms with van der Waals surface area (Å²) in [5.74, 6) is 1.90. The summed E-state index contributed by atoms with van der Waals surface area (Å²) in [7, 11) is 0. The third-order valence-corrected chi connectivity index (χ3v) is 5.41. The molecule has 2 fully saturated rings. The zero-order chi connectivity index (χ0) is 17.1. The van der Waals surface area contributed by atoms with Crippen LogP contribution in [0.5, 0.6) is 0 Å². The van der Waals surface area contributed by atoms with Crippen LogP contribution in [0.3, 0.4) is 0 Å². The van der Waals surface area contributed by atoms with Crippen LogP contribution in [0.25, 0.3) is 11.4 Å². The Balaban J connectivity index is 1.51. The number of likely N-dealkylation sites (tertiary alicyclic amines) is 1. The SMILES string of the molecule is O=C(CC1CCCC1)N1CCCC[C@@H]1c1nc(-c2cccnc2)no1. The first-order valence-electron chi connectivity index (χ1n) is 9.35. The summed E-state index contributed by atoms with van der Waals surface area (Å²) in [5, 5.41) is 4.09. The van der Waals surface area contributed by atoms with Crippen molar-refractivity contribution in [3.05, 3.63) is 30.4 Å². The van der Waals surface area contributed by atoms with E-state index in [0.29, 0.717) is 24.1 Å². The molecule has 1 saturated carbocycles. The van der Waals surface area contributed by atoms with Gasteiger partial charge in [0.05, 0.1) is 0 Å². The minimum Gasteiger partial charge on any atom is -0.337 e. The molecule has 6 heteroatoms. The van der Waals surface area contributed by atoms with E-state index < -0.39 is 0 Å². The van der Waals surface area contributed by atoms with Gasteiger partial charge in [-0.05, 0) is 50.2 Å². The first-order chi connectivity index (χ1) is 12.3. The molecule has 0 spiro atoms. The number of hydrogen-bond donors (Lipinski definition) is 0. The van der Waals surface area contributed by atoms with Gasteiger partial charge >= 0.3 is 0 Å². The van der Waals surface area contributed by atoms with Crippen molar-refractivity contribution in [3.8, 4) is 11.4 Å². The molecule has 1 saturated heterocycles. The van der Waals surface area contributed by atoms with Crippen LogP contribution in [-0.2, 0) is 4.79 Å². The topological polar surface area (TPSA) is 72.1 Å². The molecule has 1 amide bonds. The lowest BCUT2D eigenvalue weighted by Crippen LogP contribution is -2.39. The second kappa shape index (κ2) is 7.33. The van der Waals surface area contributed by atoms with E-state index in [-0.39, 0.29) is 11.9 Å². The molecule has 1 aliphatic heterocycles. The Morgan fingerprint density at radius 2 is 2.04 bits per heavy atom. The molecule has 1 aliphatic carbocycles. The molecule has 3 heterocycles. The van der Waals surface area contributed by atoms with E-state index in [1.165, 1.54) is 25.7 Å². The number of carbonyl (C=O) groups is 1. The zero-order valence-corrected chi connectivity index (χ0v) is 14.4. The summed E-state index contributed by atoms with van der Waals surface area (Å²) in [6.07, 6.45) is 12.0. The van der Waals surface area contributed by atoms with Crippen molar-refractivity contribution in [2.24, 2.45) is 5.92 Å². The number of carbonyl (C=O) groups excluding carboxylic acids is 1. The zero-order valence-electron chi connectivity index (χ0n) is 14.4. The summed E-state index contributed by atoms with van der Waals surface area (Å²) in [6.45, 7) is 0.792. The Labute approximate surface area is 147 Å². The van der Waals surface area contributed by atoms with Gasteiger partial charge in [0.2, 0.25) is 17.6 Å². The average Bonchev–Trinajstić information content (AvgIpc) is 3.34. The summed E-state index contributed by atoms with van der Waals surface area (Å²) >= 11 is 0. The fraction of sp³-hybridized carbons (Fsp3) is 0.579. The van der Waals surface area contributed by atoms with Crippen LogP contribution in [0.2, 0.25) is 0 Å². The standard InChI is InChI=1S/C19H24N4O2/c24-17(12-14-6-1-2-7-14)23-11-4-3-9-16(23)19-21-18(22-25-19)15-8-5-10-20-13-15/h5,8,10,13-14,16H,1-4,6-7,9,11-12H2/t16-/m1/s1. The van der Waals surface area contributed by atoms with E-state index in [2.05, 4.69) is 15.1 Å². The fourth-order valence-electron chi connectivity index (χ4n) is 4.05. The van der Waals surface area contributed by atoms with Crippen LogP contribution < -0.4 is 0 Å². The Hall–Kier alpha value is -2.24. The van der Waals surface area contributed by atoms with Crippen LogP contribution in [0, 0.1) is 5.92 Å². The van der Waals surface area contributed by atoms with Gasteiger partial charge in [0.25, 0.3) is 0 Å². The highest BCUT2D eigenvalue weighted by Gasteiger charge is 2.33. The predicted octanol–water partition coefficient (Wildman–Crippen LogP) is 3.77. The molecule has 0 bridgehead atoms. The molecule has 0 unspecified atom stereocenters. The molecule has 6 nitrogen and oxygen atoms in total. The second-order valence-electron chi connectivity index (χ2n) is 7.15. The van der Waals surface area contributed by atoms with Crippen molar-refractivity contribution >= 4 is 5.91 Å². The van der Waals surface area contributed by atoms with Crippen LogP contribution in [0.4, 0.5) is 0 Å². The molecule has 2 aliphatic rings. The van der Waals surface area contributed by atoms with Gasteiger partial charge in [-0.15, -0.1) is 0 Å². The van der Waals surface area contributed by atoms with Gasteiger partial charge in [0.1, 0.15) is 6.04 Å².